The lowest BCUT2D eigenvalue weighted by Crippen LogP contribution is -2.61. The number of aromatic hydroxyl groups is 1. The Hall–Kier alpha value is -8.10. The first-order valence-electron chi connectivity index (χ1n) is 28.6. The van der Waals surface area contributed by atoms with Crippen LogP contribution in [0.4, 0.5) is 0 Å². The Labute approximate surface area is 495 Å². The normalized spacial score (nSPS) is 16.0. The summed E-state index contributed by atoms with van der Waals surface area (Å²) < 4.78 is 0. The van der Waals surface area contributed by atoms with Crippen molar-refractivity contribution in [2.45, 2.75) is 178 Å². The molecule has 1 heterocycles. The minimum absolute atomic E-state index is 0.00439. The third-order valence-corrected chi connectivity index (χ3v) is 13.8. The van der Waals surface area contributed by atoms with Gasteiger partial charge in [0.05, 0.1) is 12.1 Å². The number of carbonyl (C=O) groups is 9. The lowest BCUT2D eigenvalue weighted by Gasteiger charge is -2.32. The summed E-state index contributed by atoms with van der Waals surface area (Å²) in [6.07, 6.45) is 0.438. The second kappa shape index (κ2) is 38.7. The van der Waals surface area contributed by atoms with Crippen molar-refractivity contribution >= 4 is 71.1 Å². The van der Waals surface area contributed by atoms with E-state index in [1.807, 2.05) is 0 Å². The molecule has 0 spiro atoms. The zero-order chi connectivity index (χ0) is 63.8. The number of unbranched alkanes of at least 4 members (excludes halogenated alkanes) is 2. The Morgan fingerprint density at radius 1 is 0.553 bits per heavy atom. The van der Waals surface area contributed by atoms with Crippen LogP contribution in [-0.4, -0.2) is 191 Å². The molecule has 1 saturated heterocycles. The van der Waals surface area contributed by atoms with Crippen LogP contribution in [0.15, 0.2) is 39.2 Å². The highest BCUT2D eigenvalue weighted by atomic mass is 16.4. The molecule has 0 unspecified atom stereocenters. The molecule has 85 heavy (non-hydrogen) atoms. The first kappa shape index (κ1) is 73.0. The van der Waals surface area contributed by atoms with Crippen molar-refractivity contribution in [3.8, 4) is 5.75 Å². The van der Waals surface area contributed by atoms with Crippen molar-refractivity contribution in [1.82, 2.24) is 42.1 Å². The van der Waals surface area contributed by atoms with Crippen LogP contribution in [0.3, 0.4) is 0 Å². The average molecular weight is 1200 g/mol. The molecule has 1 aliphatic heterocycles. The molecule has 1 aromatic rings. The van der Waals surface area contributed by atoms with Gasteiger partial charge in [-0.1, -0.05) is 26.0 Å². The van der Waals surface area contributed by atoms with E-state index in [1.54, 1.807) is 13.8 Å². The number of hydrogen-bond acceptors (Lipinski definition) is 17. The topological polar surface area (TPSA) is 573 Å². The number of nitrogens with one attached hydrogen (secondary N) is 7. The highest BCUT2D eigenvalue weighted by Crippen LogP contribution is 2.21. The van der Waals surface area contributed by atoms with E-state index in [0.29, 0.717) is 31.2 Å². The molecule has 32 heteroatoms. The number of hydrogen-bond donors (Lipinski definition) is 19. The molecular weight excluding hydrogens is 1110 g/mol. The van der Waals surface area contributed by atoms with E-state index in [2.05, 4.69) is 52.2 Å². The molecule has 32 nitrogen and oxygen atoms in total. The number of aliphatic imine (C=N–C) groups is 3. The largest absolute Gasteiger partial charge is 0.508 e. The Kier molecular flexibility index (Phi) is 33.2. The number of phenols is 1. The van der Waals surface area contributed by atoms with Gasteiger partial charge >= 0.3 is 5.97 Å². The van der Waals surface area contributed by atoms with Gasteiger partial charge in [0.1, 0.15) is 54.1 Å². The third-order valence-electron chi connectivity index (χ3n) is 13.8. The van der Waals surface area contributed by atoms with Crippen molar-refractivity contribution in [3.63, 3.8) is 0 Å². The molecule has 10 atom stereocenters. The summed E-state index contributed by atoms with van der Waals surface area (Å²) in [6.45, 7) is 5.34. The van der Waals surface area contributed by atoms with E-state index in [0.717, 1.165) is 0 Å². The molecule has 0 aromatic heterocycles. The molecule has 28 N–H and O–H groups in total. The van der Waals surface area contributed by atoms with Crippen molar-refractivity contribution in [2.24, 2.45) is 72.5 Å². The van der Waals surface area contributed by atoms with E-state index in [1.165, 1.54) is 36.1 Å². The molecule has 2 rings (SSSR count). The van der Waals surface area contributed by atoms with Crippen molar-refractivity contribution < 1.29 is 58.5 Å². The van der Waals surface area contributed by atoms with E-state index < -0.39 is 114 Å². The average Bonchev–Trinajstić information content (AvgIpc) is 3.77. The lowest BCUT2D eigenvalue weighted by atomic mass is 10.0. The number of carboxylic acid groups (broad SMARTS) is 1. The van der Waals surface area contributed by atoms with Crippen LogP contribution < -0.4 is 88.8 Å². The molecule has 1 aromatic carbocycles. The Balaban J connectivity index is 2.58. The van der Waals surface area contributed by atoms with Gasteiger partial charge in [0.2, 0.25) is 47.3 Å². The summed E-state index contributed by atoms with van der Waals surface area (Å²) in [5, 5.41) is 49.1. The molecule has 1 fully saturated rings. The monoisotopic (exact) mass is 1200 g/mol. The van der Waals surface area contributed by atoms with Crippen LogP contribution in [0.2, 0.25) is 0 Å². The van der Waals surface area contributed by atoms with Gasteiger partial charge in [-0.05, 0) is 134 Å². The zero-order valence-corrected chi connectivity index (χ0v) is 49.0. The molecule has 1 aliphatic rings. The predicted molar refractivity (Wildman–Crippen MR) is 318 cm³/mol. The molecule has 8 amide bonds. The number of benzene rings is 1. The van der Waals surface area contributed by atoms with Gasteiger partial charge in [0, 0.05) is 32.6 Å². The molecule has 0 radical (unpaired) electrons. The van der Waals surface area contributed by atoms with Gasteiger partial charge in [-0.25, -0.2) is 4.79 Å². The highest BCUT2D eigenvalue weighted by molar-refractivity contribution is 5.98. The maximum absolute atomic E-state index is 14.6. The van der Waals surface area contributed by atoms with Gasteiger partial charge in [0.15, 0.2) is 17.9 Å². The van der Waals surface area contributed by atoms with Gasteiger partial charge in [-0.15, -0.1) is 0 Å². The highest BCUT2D eigenvalue weighted by Gasteiger charge is 2.41. The van der Waals surface area contributed by atoms with Crippen LogP contribution in [-0.2, 0) is 49.6 Å². The van der Waals surface area contributed by atoms with E-state index >= 15 is 0 Å². The standard InChI is InChI=1S/C53H94N20O12/c1-29(2)40(56)48(82)72-41(30(3)74)49(83)73-27-11-17-39(73)47(81)71-38(28-31-18-20-32(75)21-19-31)46(80)69-33(12-4-6-22-54)42(76)67-36(15-9-25-64-52(59)60)44(78)68-35(14-8-24-63-51(57)58)43(77)66-34(13-5-7-23-55)45(79)70-37(50(84)85)16-10-26-65-53(61)62/h18-21,29-30,33-41,74-75H,4-17,22-28,54-56H2,1-3H3,(H,66,77)(H,67,76)(H,68,78)(H,69,80)(H,70,79)(H,71,81)(H,72,82)(H,84,85)(H4,57,58,63)(H4,59,60,64)(H4,61,62,65)/t30-,33+,34+,35+,36+,37+,38+,39+,40+,41+/m1/s1. The fourth-order valence-electron chi connectivity index (χ4n) is 8.96. The number of carbonyl (C=O) groups excluding carboxylic acids is 8. The maximum atomic E-state index is 14.6. The number of likely N-dealkylation sites (tertiary alicyclic amines) is 1. The number of rotatable bonds is 40. The summed E-state index contributed by atoms with van der Waals surface area (Å²) in [7, 11) is 0. The number of phenolic OH excluding ortho intramolecular Hbond substituents is 1. The minimum atomic E-state index is -1.46. The van der Waals surface area contributed by atoms with E-state index in [9.17, 15) is 58.5 Å². The SMILES string of the molecule is CC(C)[C@H](N)C(=O)N[C@H](C(=O)N1CCC[C@H]1C(=O)N[C@@H](Cc1ccc(O)cc1)C(=O)N[C@@H](CCCCN)C(=O)N[C@@H](CCCN=C(N)N)C(=O)N[C@@H](CCCN=C(N)N)C(=O)N[C@@H](CCCCN)C(=O)N[C@@H](CCCN=C(N)N)C(=O)O)[C@@H](C)O. The van der Waals surface area contributed by atoms with Gasteiger partial charge < -0.3 is 109 Å². The van der Waals surface area contributed by atoms with Gasteiger partial charge in [-0.2, -0.15) is 0 Å². The quantitative estimate of drug-likeness (QED) is 0.0165. The fraction of sp³-hybridized carbons (Fsp3) is 0.660. The summed E-state index contributed by atoms with van der Waals surface area (Å²) in [5.41, 5.74) is 51.0. The number of nitrogens with two attached hydrogens (primary N) is 9. The summed E-state index contributed by atoms with van der Waals surface area (Å²) in [4.78, 5) is 138. The van der Waals surface area contributed by atoms with Gasteiger partial charge in [0.25, 0.3) is 0 Å². The van der Waals surface area contributed by atoms with Crippen LogP contribution in [0.25, 0.3) is 0 Å². The molecule has 0 bridgehead atoms. The van der Waals surface area contributed by atoms with Crippen LogP contribution in [0, 0.1) is 5.92 Å². The van der Waals surface area contributed by atoms with E-state index in [-0.39, 0.29) is 139 Å². The molecule has 0 aliphatic carbocycles. The first-order valence-corrected chi connectivity index (χ1v) is 28.6. The zero-order valence-electron chi connectivity index (χ0n) is 49.0. The number of aliphatic hydroxyl groups excluding tert-OH is 1. The maximum Gasteiger partial charge on any atom is 0.326 e. The second-order valence-electron chi connectivity index (χ2n) is 21.2. The predicted octanol–water partition coefficient (Wildman–Crippen LogP) is -5.81. The first-order chi connectivity index (χ1) is 40.2. The Morgan fingerprint density at radius 2 is 0.941 bits per heavy atom. The van der Waals surface area contributed by atoms with Crippen molar-refractivity contribution in [3.05, 3.63) is 29.8 Å². The van der Waals surface area contributed by atoms with Crippen LogP contribution in [0.1, 0.15) is 116 Å². The molecule has 478 valence electrons. The number of guanidine groups is 3. The number of amides is 8. The summed E-state index contributed by atoms with van der Waals surface area (Å²) >= 11 is 0. The van der Waals surface area contributed by atoms with Gasteiger partial charge in [-0.3, -0.25) is 53.3 Å². The fourth-order valence-corrected chi connectivity index (χ4v) is 8.96. The summed E-state index contributed by atoms with van der Waals surface area (Å²) in [5.74, 6) is -8.97. The molecular formula is C53H94N20O12. The van der Waals surface area contributed by atoms with Crippen LogP contribution >= 0.6 is 0 Å². The Morgan fingerprint density at radius 3 is 1.32 bits per heavy atom. The summed E-state index contributed by atoms with van der Waals surface area (Å²) in [6, 6.07) is -6.26. The van der Waals surface area contributed by atoms with Crippen molar-refractivity contribution in [2.75, 3.05) is 39.3 Å². The minimum Gasteiger partial charge on any atom is -0.508 e. The van der Waals surface area contributed by atoms with Crippen molar-refractivity contribution in [1.29, 1.82) is 0 Å². The number of aliphatic carboxylic acids is 1. The second-order valence-corrected chi connectivity index (χ2v) is 21.2. The lowest BCUT2D eigenvalue weighted by molar-refractivity contribution is -0.144. The van der Waals surface area contributed by atoms with E-state index in [4.69, 9.17) is 51.6 Å². The molecule has 0 saturated carbocycles. The smallest absolute Gasteiger partial charge is 0.326 e. The Bertz CT molecular complexity index is 2420. The number of nitrogens with zero attached hydrogens (tertiary/aromatic N) is 4. The number of aliphatic hydroxyl groups is 1. The van der Waals surface area contributed by atoms with Crippen LogP contribution in [0.5, 0.6) is 5.75 Å². The number of carboxylic acids is 1. The third kappa shape index (κ3) is 27.4.